The maximum absolute atomic E-state index is 11.1. The summed E-state index contributed by atoms with van der Waals surface area (Å²) in [5.41, 5.74) is 5.06. The molecule has 1 aromatic rings. The standard InChI is InChI=1S/C10H16N4O2S/c1-2-4-12-7(9(11)16)6-17-10-13-5-3-8(15)14-10/h3,5,7,12H,2,4,6H2,1H3,(H2,11,16)(H,13,14,15). The van der Waals surface area contributed by atoms with Crippen LogP contribution >= 0.6 is 11.8 Å². The van der Waals surface area contributed by atoms with Gasteiger partial charge in [-0.05, 0) is 13.0 Å². The first-order valence-electron chi connectivity index (χ1n) is 5.34. The molecule has 0 saturated heterocycles. The zero-order chi connectivity index (χ0) is 12.7. The van der Waals surface area contributed by atoms with Crippen molar-refractivity contribution in [1.29, 1.82) is 0 Å². The van der Waals surface area contributed by atoms with E-state index in [1.165, 1.54) is 24.0 Å². The van der Waals surface area contributed by atoms with Gasteiger partial charge in [0.25, 0.3) is 5.56 Å². The van der Waals surface area contributed by atoms with E-state index in [9.17, 15) is 9.59 Å². The van der Waals surface area contributed by atoms with Crippen molar-refractivity contribution in [3.63, 3.8) is 0 Å². The van der Waals surface area contributed by atoms with Crippen LogP contribution in [0.5, 0.6) is 0 Å². The Morgan fingerprint density at radius 2 is 2.47 bits per heavy atom. The van der Waals surface area contributed by atoms with E-state index < -0.39 is 11.9 Å². The van der Waals surface area contributed by atoms with Gasteiger partial charge in [0.15, 0.2) is 5.16 Å². The molecular weight excluding hydrogens is 240 g/mol. The summed E-state index contributed by atoms with van der Waals surface area (Å²) in [6.45, 7) is 2.74. The number of carbonyl (C=O) groups is 1. The lowest BCUT2D eigenvalue weighted by atomic mass is 10.3. The summed E-state index contributed by atoms with van der Waals surface area (Å²) in [6, 6.07) is 0.927. The van der Waals surface area contributed by atoms with Gasteiger partial charge in [-0.15, -0.1) is 0 Å². The fourth-order valence-corrected chi connectivity index (χ4v) is 2.06. The number of hydrogen-bond donors (Lipinski definition) is 3. The van der Waals surface area contributed by atoms with Gasteiger partial charge in [-0.25, -0.2) is 4.98 Å². The van der Waals surface area contributed by atoms with Gasteiger partial charge >= 0.3 is 0 Å². The third-order valence-corrected chi connectivity index (χ3v) is 3.00. The van der Waals surface area contributed by atoms with Gasteiger partial charge in [0, 0.05) is 18.0 Å². The topological polar surface area (TPSA) is 101 Å². The number of nitrogens with two attached hydrogens (primary N) is 1. The van der Waals surface area contributed by atoms with Crippen LogP contribution in [0.1, 0.15) is 13.3 Å². The maximum Gasteiger partial charge on any atom is 0.251 e. The van der Waals surface area contributed by atoms with Crippen molar-refractivity contribution in [2.75, 3.05) is 12.3 Å². The molecule has 0 bridgehead atoms. The molecule has 17 heavy (non-hydrogen) atoms. The number of carbonyl (C=O) groups excluding carboxylic acids is 1. The van der Waals surface area contributed by atoms with Gasteiger partial charge in [-0.2, -0.15) is 0 Å². The minimum absolute atomic E-state index is 0.209. The number of H-pyrrole nitrogens is 1. The summed E-state index contributed by atoms with van der Waals surface area (Å²) < 4.78 is 0. The van der Waals surface area contributed by atoms with Crippen LogP contribution < -0.4 is 16.6 Å². The summed E-state index contributed by atoms with van der Waals surface area (Å²) in [7, 11) is 0. The smallest absolute Gasteiger partial charge is 0.251 e. The second-order valence-electron chi connectivity index (χ2n) is 3.46. The third kappa shape index (κ3) is 5.01. The van der Waals surface area contributed by atoms with Crippen molar-refractivity contribution in [3.8, 4) is 0 Å². The molecule has 7 heteroatoms. The second kappa shape index (κ2) is 7.08. The zero-order valence-electron chi connectivity index (χ0n) is 9.60. The van der Waals surface area contributed by atoms with Gasteiger partial charge in [0.05, 0.1) is 6.04 Å². The van der Waals surface area contributed by atoms with Crippen LogP contribution in [0.2, 0.25) is 0 Å². The third-order valence-electron chi connectivity index (χ3n) is 2.02. The number of aromatic amines is 1. The first-order valence-corrected chi connectivity index (χ1v) is 6.33. The molecule has 0 aliphatic rings. The van der Waals surface area contributed by atoms with Gasteiger partial charge < -0.3 is 16.0 Å². The van der Waals surface area contributed by atoms with Crippen molar-refractivity contribution in [2.24, 2.45) is 5.73 Å². The Balaban J connectivity index is 2.51. The van der Waals surface area contributed by atoms with E-state index in [0.29, 0.717) is 10.9 Å². The fourth-order valence-electron chi connectivity index (χ4n) is 1.15. The average molecular weight is 256 g/mol. The summed E-state index contributed by atoms with van der Waals surface area (Å²) in [5.74, 6) is 0.0479. The molecule has 0 aliphatic heterocycles. The van der Waals surface area contributed by atoms with E-state index in [-0.39, 0.29) is 5.56 Å². The lowest BCUT2D eigenvalue weighted by Crippen LogP contribution is -2.43. The highest BCUT2D eigenvalue weighted by Crippen LogP contribution is 2.11. The summed E-state index contributed by atoms with van der Waals surface area (Å²) >= 11 is 1.29. The van der Waals surface area contributed by atoms with Crippen LogP contribution in [-0.2, 0) is 4.79 Å². The van der Waals surface area contributed by atoms with Gasteiger partial charge in [0.2, 0.25) is 5.91 Å². The van der Waals surface area contributed by atoms with Crippen molar-refractivity contribution in [1.82, 2.24) is 15.3 Å². The number of nitrogens with one attached hydrogen (secondary N) is 2. The lowest BCUT2D eigenvalue weighted by Gasteiger charge is -2.13. The Hall–Kier alpha value is -1.34. The molecule has 0 spiro atoms. The zero-order valence-corrected chi connectivity index (χ0v) is 10.4. The van der Waals surface area contributed by atoms with E-state index >= 15 is 0 Å². The van der Waals surface area contributed by atoms with Crippen molar-refractivity contribution >= 4 is 17.7 Å². The van der Waals surface area contributed by atoms with Crippen molar-refractivity contribution in [2.45, 2.75) is 24.5 Å². The molecule has 0 aromatic carbocycles. The number of nitrogens with zero attached hydrogens (tertiary/aromatic N) is 1. The van der Waals surface area contributed by atoms with Gasteiger partial charge in [0.1, 0.15) is 0 Å². The molecule has 1 heterocycles. The number of aromatic nitrogens is 2. The van der Waals surface area contributed by atoms with E-state index in [1.807, 2.05) is 6.92 Å². The highest BCUT2D eigenvalue weighted by atomic mass is 32.2. The minimum Gasteiger partial charge on any atom is -0.368 e. The van der Waals surface area contributed by atoms with Crippen LogP contribution in [-0.4, -0.2) is 34.2 Å². The minimum atomic E-state index is -0.412. The molecule has 94 valence electrons. The number of hydrogen-bond acceptors (Lipinski definition) is 5. The summed E-state index contributed by atoms with van der Waals surface area (Å²) in [6.07, 6.45) is 2.36. The van der Waals surface area contributed by atoms with E-state index in [1.54, 1.807) is 0 Å². The number of amides is 1. The molecule has 1 rings (SSSR count). The number of rotatable bonds is 7. The average Bonchev–Trinajstić information content (AvgIpc) is 2.28. The van der Waals surface area contributed by atoms with Crippen LogP contribution in [0.15, 0.2) is 22.2 Å². The van der Waals surface area contributed by atoms with Gasteiger partial charge in [-0.3, -0.25) is 9.59 Å². The SMILES string of the molecule is CCCNC(CSc1nccc(=O)[nH]1)C(N)=O. The first-order chi connectivity index (χ1) is 8.13. The Morgan fingerprint density at radius 3 is 3.06 bits per heavy atom. The first kappa shape index (κ1) is 13.7. The Bertz CT molecular complexity index is 421. The van der Waals surface area contributed by atoms with E-state index in [4.69, 9.17) is 5.73 Å². The Morgan fingerprint density at radius 1 is 1.71 bits per heavy atom. The molecule has 0 radical (unpaired) electrons. The molecule has 0 aliphatic carbocycles. The number of primary amides is 1. The molecule has 1 atom stereocenters. The largest absolute Gasteiger partial charge is 0.368 e. The van der Waals surface area contributed by atoms with E-state index in [2.05, 4.69) is 15.3 Å². The predicted molar refractivity (Wildman–Crippen MR) is 66.9 cm³/mol. The van der Waals surface area contributed by atoms with Crippen LogP contribution in [0.4, 0.5) is 0 Å². The van der Waals surface area contributed by atoms with Crippen molar-refractivity contribution in [3.05, 3.63) is 22.6 Å². The number of thioether (sulfide) groups is 1. The Labute approximate surface area is 103 Å². The molecular formula is C10H16N4O2S. The van der Waals surface area contributed by atoms with E-state index in [0.717, 1.165) is 13.0 Å². The Kier molecular flexibility index (Phi) is 5.71. The molecule has 1 unspecified atom stereocenters. The second-order valence-corrected chi connectivity index (χ2v) is 4.47. The molecule has 6 nitrogen and oxygen atoms in total. The fraction of sp³-hybridized carbons (Fsp3) is 0.500. The van der Waals surface area contributed by atoms with Crippen LogP contribution in [0, 0.1) is 0 Å². The summed E-state index contributed by atoms with van der Waals surface area (Å²) in [4.78, 5) is 28.7. The molecule has 1 aromatic heterocycles. The van der Waals surface area contributed by atoms with Crippen LogP contribution in [0.25, 0.3) is 0 Å². The molecule has 4 N–H and O–H groups in total. The molecule has 0 fully saturated rings. The monoisotopic (exact) mass is 256 g/mol. The highest BCUT2D eigenvalue weighted by molar-refractivity contribution is 7.99. The highest BCUT2D eigenvalue weighted by Gasteiger charge is 2.14. The quantitative estimate of drug-likeness (QED) is 0.460. The summed E-state index contributed by atoms with van der Waals surface area (Å²) in [5, 5.41) is 3.53. The molecule has 0 saturated carbocycles. The normalized spacial score (nSPS) is 12.3. The van der Waals surface area contributed by atoms with Crippen LogP contribution in [0.3, 0.4) is 0 Å². The maximum atomic E-state index is 11.1. The lowest BCUT2D eigenvalue weighted by molar-refractivity contribution is -0.119. The molecule has 1 amide bonds. The van der Waals surface area contributed by atoms with Crippen molar-refractivity contribution < 1.29 is 4.79 Å². The van der Waals surface area contributed by atoms with Gasteiger partial charge in [-0.1, -0.05) is 18.7 Å². The predicted octanol–water partition coefficient (Wildman–Crippen LogP) is -0.284.